The lowest BCUT2D eigenvalue weighted by atomic mass is 10.0. The van der Waals surface area contributed by atoms with Crippen molar-refractivity contribution in [2.45, 2.75) is 0 Å². The molecule has 0 saturated heterocycles. The van der Waals surface area contributed by atoms with E-state index < -0.39 is 0 Å². The second-order valence-corrected chi connectivity index (χ2v) is 4.01. The van der Waals surface area contributed by atoms with Crippen molar-refractivity contribution < 1.29 is 4.79 Å². The van der Waals surface area contributed by atoms with Crippen LogP contribution < -0.4 is 5.32 Å². The fraction of sp³-hybridized carbons (Fsp3) is 0. The number of para-hydroxylation sites is 1. The molecule has 0 unspecified atom stereocenters. The highest BCUT2D eigenvalue weighted by molar-refractivity contribution is 6.20. The zero-order chi connectivity index (χ0) is 12.4. The van der Waals surface area contributed by atoms with Crippen LogP contribution in [0, 0.1) is 6.54 Å². The first-order valence-electron chi connectivity index (χ1n) is 5.71. The minimum Gasteiger partial charge on any atom is -0.324 e. The van der Waals surface area contributed by atoms with Crippen LogP contribution >= 0.6 is 0 Å². The molecule has 1 heterocycles. The van der Waals surface area contributed by atoms with Crippen LogP contribution in [0.4, 0.5) is 5.69 Å². The Bertz CT molecular complexity index is 617. The summed E-state index contributed by atoms with van der Waals surface area (Å²) in [6, 6.07) is 17.5. The van der Waals surface area contributed by atoms with Crippen LogP contribution in [-0.4, -0.2) is 11.6 Å². The van der Waals surface area contributed by atoms with Crippen LogP contribution in [0.5, 0.6) is 0 Å². The molecule has 18 heavy (non-hydrogen) atoms. The number of nitrogens with zero attached hydrogens (tertiary/aromatic N) is 1. The van der Waals surface area contributed by atoms with Gasteiger partial charge in [-0.15, -0.1) is 0 Å². The predicted molar refractivity (Wildman–Crippen MR) is 71.5 cm³/mol. The summed E-state index contributed by atoms with van der Waals surface area (Å²) in [6.07, 6.45) is 0. The van der Waals surface area contributed by atoms with Crippen LogP contribution in [0.1, 0.15) is 11.1 Å². The topological polar surface area (TPSA) is 41.5 Å². The molecular weight excluding hydrogens is 224 g/mol. The number of rotatable bonds is 1. The predicted octanol–water partition coefficient (Wildman–Crippen LogP) is 2.64. The number of carbonyl (C=O) groups is 1. The van der Waals surface area contributed by atoms with E-state index in [2.05, 4.69) is 10.3 Å². The van der Waals surface area contributed by atoms with Gasteiger partial charge < -0.3 is 5.32 Å². The van der Waals surface area contributed by atoms with E-state index in [1.165, 1.54) is 6.54 Å². The number of amides is 1. The van der Waals surface area contributed by atoms with Crippen LogP contribution in [0.25, 0.3) is 0 Å². The highest BCUT2D eigenvalue weighted by atomic mass is 16.1. The molecule has 0 fully saturated rings. The molecule has 3 rings (SSSR count). The summed E-state index contributed by atoms with van der Waals surface area (Å²) in [7, 11) is 0. The Balaban J connectivity index is 2.17. The summed E-state index contributed by atoms with van der Waals surface area (Å²) in [5, 5.41) is 2.81. The van der Waals surface area contributed by atoms with Gasteiger partial charge in [-0.2, -0.15) is 0 Å². The summed E-state index contributed by atoms with van der Waals surface area (Å²) in [6.45, 7) is 1.32. The third-order valence-corrected chi connectivity index (χ3v) is 2.80. The fourth-order valence-corrected chi connectivity index (χ4v) is 1.98. The summed E-state index contributed by atoms with van der Waals surface area (Å²) in [5.41, 5.74) is 3.53. The van der Waals surface area contributed by atoms with Crippen molar-refractivity contribution in [1.82, 2.24) is 0 Å². The van der Waals surface area contributed by atoms with E-state index in [1.54, 1.807) is 0 Å². The largest absolute Gasteiger partial charge is 0.324 e. The fourth-order valence-electron chi connectivity index (χ4n) is 1.98. The number of fused-ring (bicyclic) bond motifs is 1. The Kier molecular flexibility index (Phi) is 2.65. The minimum atomic E-state index is -0.201. The normalized spacial score (nSPS) is 14.2. The maximum atomic E-state index is 11.5. The summed E-state index contributed by atoms with van der Waals surface area (Å²) in [4.78, 5) is 15.8. The number of hydrogen-bond donors (Lipinski definition) is 1. The van der Waals surface area contributed by atoms with E-state index in [9.17, 15) is 4.79 Å². The molecule has 1 N–H and O–H groups in total. The van der Waals surface area contributed by atoms with Crippen LogP contribution in [0.2, 0.25) is 0 Å². The van der Waals surface area contributed by atoms with Crippen LogP contribution in [-0.2, 0) is 4.79 Å². The lowest BCUT2D eigenvalue weighted by molar-refractivity contribution is -0.113. The lowest BCUT2D eigenvalue weighted by Gasteiger charge is -2.09. The highest BCUT2D eigenvalue weighted by Gasteiger charge is 2.17. The molecule has 1 radical (unpaired) electrons. The smallest absolute Gasteiger partial charge is 0.252 e. The first-order valence-corrected chi connectivity index (χ1v) is 5.71. The van der Waals surface area contributed by atoms with Crippen molar-refractivity contribution in [2.75, 3.05) is 5.32 Å². The number of carbonyl (C=O) groups excluding carboxylic acids is 1. The molecule has 2 aromatic carbocycles. The van der Waals surface area contributed by atoms with Gasteiger partial charge in [0.2, 0.25) is 0 Å². The van der Waals surface area contributed by atoms with Gasteiger partial charge in [0.1, 0.15) is 0 Å². The number of aliphatic imine (C=N–C) groups is 1. The van der Waals surface area contributed by atoms with E-state index in [1.807, 2.05) is 54.6 Å². The first-order chi connectivity index (χ1) is 8.84. The molecule has 0 saturated carbocycles. The van der Waals surface area contributed by atoms with Crippen LogP contribution in [0.3, 0.4) is 0 Å². The summed E-state index contributed by atoms with van der Waals surface area (Å²) < 4.78 is 0. The zero-order valence-electron chi connectivity index (χ0n) is 9.63. The molecule has 1 aliphatic heterocycles. The standard InChI is InChI=1S/C15H11N2O/c18-14-10-16-15(11-6-2-1-3-7-11)12-8-4-5-9-13(12)17-14/h1-10H,(H,17,18). The van der Waals surface area contributed by atoms with Crippen molar-refractivity contribution in [3.63, 3.8) is 0 Å². The summed E-state index contributed by atoms with van der Waals surface area (Å²) in [5.74, 6) is -0.201. The van der Waals surface area contributed by atoms with Crippen molar-refractivity contribution in [3.05, 3.63) is 72.3 Å². The van der Waals surface area contributed by atoms with Gasteiger partial charge in [-0.25, -0.2) is 0 Å². The second-order valence-electron chi connectivity index (χ2n) is 4.01. The van der Waals surface area contributed by atoms with E-state index in [0.29, 0.717) is 0 Å². The van der Waals surface area contributed by atoms with Crippen LogP contribution in [0.15, 0.2) is 59.6 Å². The molecule has 0 atom stereocenters. The van der Waals surface area contributed by atoms with E-state index in [-0.39, 0.29) is 5.91 Å². The van der Waals surface area contributed by atoms with Crippen molar-refractivity contribution in [2.24, 2.45) is 4.99 Å². The number of anilines is 1. The molecule has 0 spiro atoms. The Morgan fingerprint density at radius 1 is 0.889 bits per heavy atom. The van der Waals surface area contributed by atoms with Gasteiger partial charge in [0.15, 0.2) is 6.54 Å². The first kappa shape index (κ1) is 10.7. The molecule has 0 aliphatic carbocycles. The molecule has 87 valence electrons. The van der Waals surface area contributed by atoms with Gasteiger partial charge in [-0.05, 0) is 6.07 Å². The van der Waals surface area contributed by atoms with E-state index in [4.69, 9.17) is 0 Å². The molecule has 0 bridgehead atoms. The third kappa shape index (κ3) is 1.91. The Morgan fingerprint density at radius 2 is 1.61 bits per heavy atom. The number of nitrogens with one attached hydrogen (secondary N) is 1. The van der Waals surface area contributed by atoms with Gasteiger partial charge in [0.05, 0.1) is 11.4 Å². The highest BCUT2D eigenvalue weighted by Crippen LogP contribution is 2.22. The van der Waals surface area contributed by atoms with Gasteiger partial charge in [-0.3, -0.25) is 9.79 Å². The van der Waals surface area contributed by atoms with Crippen molar-refractivity contribution >= 4 is 17.3 Å². The number of benzodiazepines with no additional fused rings is 1. The molecular formula is C15H11N2O. The second kappa shape index (κ2) is 4.45. The van der Waals surface area contributed by atoms with Gasteiger partial charge in [0.25, 0.3) is 5.91 Å². The SMILES string of the molecule is O=C1[CH]N=C(c2ccccc2)c2ccccc2N1. The van der Waals surface area contributed by atoms with Gasteiger partial charge in [0, 0.05) is 11.1 Å². The number of benzene rings is 2. The number of hydrogen-bond acceptors (Lipinski definition) is 2. The van der Waals surface area contributed by atoms with Crippen molar-refractivity contribution in [3.8, 4) is 0 Å². The van der Waals surface area contributed by atoms with Crippen molar-refractivity contribution in [1.29, 1.82) is 0 Å². The Morgan fingerprint density at radius 3 is 2.44 bits per heavy atom. The van der Waals surface area contributed by atoms with Gasteiger partial charge in [-0.1, -0.05) is 48.5 Å². The Labute approximate surface area is 105 Å². The Hall–Kier alpha value is -2.42. The van der Waals surface area contributed by atoms with E-state index >= 15 is 0 Å². The quantitative estimate of drug-likeness (QED) is 0.811. The summed E-state index contributed by atoms with van der Waals surface area (Å²) >= 11 is 0. The van der Waals surface area contributed by atoms with Gasteiger partial charge >= 0.3 is 0 Å². The maximum absolute atomic E-state index is 11.5. The maximum Gasteiger partial charge on any atom is 0.252 e. The molecule has 1 aliphatic rings. The molecule has 3 nitrogen and oxygen atoms in total. The third-order valence-electron chi connectivity index (χ3n) is 2.80. The average Bonchev–Trinajstić information content (AvgIpc) is 2.58. The molecule has 3 heteroatoms. The molecule has 1 amide bonds. The van der Waals surface area contributed by atoms with E-state index in [0.717, 1.165) is 22.5 Å². The monoisotopic (exact) mass is 235 g/mol. The minimum absolute atomic E-state index is 0.201. The molecule has 2 aromatic rings. The average molecular weight is 235 g/mol. The molecule has 0 aromatic heterocycles. The zero-order valence-corrected chi connectivity index (χ0v) is 9.63. The lowest BCUT2D eigenvalue weighted by Crippen LogP contribution is -2.10.